The van der Waals surface area contributed by atoms with Gasteiger partial charge >= 0.3 is 34.7 Å². The van der Waals surface area contributed by atoms with Gasteiger partial charge in [-0.15, -0.1) is 0 Å². The normalized spacial score (nSPS) is 27.7. The highest BCUT2D eigenvalue weighted by molar-refractivity contribution is 7.47. The molecule has 2 aliphatic rings. The Kier molecular flexibility index (Phi) is 14.1. The molecule has 0 amide bonds. The molecule has 5 heterocycles. The Hall–Kier alpha value is -3.58. The second kappa shape index (κ2) is 18.0. The Morgan fingerprint density at radius 2 is 1.45 bits per heavy atom. The molecule has 0 aliphatic carbocycles. The van der Waals surface area contributed by atoms with Crippen molar-refractivity contribution in [3.63, 3.8) is 0 Å². The van der Waals surface area contributed by atoms with Crippen molar-refractivity contribution in [2.75, 3.05) is 49.8 Å². The number of rotatable bonds is 19. The summed E-state index contributed by atoms with van der Waals surface area (Å²) in [6.45, 7) is -0.759. The van der Waals surface area contributed by atoms with Gasteiger partial charge in [0.25, 0.3) is 11.5 Å². The number of nitrogen functional groups attached to an aromatic ring is 2. The van der Waals surface area contributed by atoms with E-state index in [2.05, 4.69) is 36.0 Å². The van der Waals surface area contributed by atoms with Gasteiger partial charge in [-0.1, -0.05) is 11.6 Å². The van der Waals surface area contributed by atoms with Gasteiger partial charge in [-0.05, 0) is 0 Å². The minimum absolute atomic E-state index is 0.00577. The Morgan fingerprint density at radius 3 is 2.02 bits per heavy atom. The first kappa shape index (κ1) is 45.5. The lowest BCUT2D eigenvalue weighted by Gasteiger charge is -2.28. The number of anilines is 3. The van der Waals surface area contributed by atoms with E-state index in [9.17, 15) is 63.3 Å². The summed E-state index contributed by atoms with van der Waals surface area (Å²) in [6.07, 6.45) is -12.7. The predicted octanol–water partition coefficient (Wildman–Crippen LogP) is -5.93. The first-order chi connectivity index (χ1) is 27.0. The van der Waals surface area contributed by atoms with E-state index >= 15 is 0 Å². The molecular formula is C25H41N10O20P3+2. The molecule has 2 saturated heterocycles. The van der Waals surface area contributed by atoms with Gasteiger partial charge in [-0.3, -0.25) is 52.1 Å². The lowest BCUT2D eigenvalue weighted by molar-refractivity contribution is -0.745. The standard InChI is InChI=1S/C25H39N10O20P3/c1-3-34(18-12(28-2)20(40)32-24(26)30-18)22-16(38)14(36)10(53-22)6-51-57(45,46)49-4-9(55-56(42,43)44)5-50-58(47,48)52-7-11-15(37)17(39)23(54-11)35-8-29-13-19(35)31-25(27)33-21(13)41/h3,8-11,14-17,22-23,28,36-39H,1,4-7H2,2H3,(H10,26,27,30,31,32,33,40,41,42,43,44,45,46,47,48)/p+2. The molecular weight excluding hydrogens is 853 g/mol. The molecule has 2 aliphatic heterocycles. The van der Waals surface area contributed by atoms with Crippen molar-refractivity contribution in [2.45, 2.75) is 55.2 Å². The molecule has 324 valence electrons. The summed E-state index contributed by atoms with van der Waals surface area (Å²) < 4.78 is 72.8. The number of phosphoric acid groups is 3. The van der Waals surface area contributed by atoms with Gasteiger partial charge in [0.2, 0.25) is 29.2 Å². The zero-order valence-corrected chi connectivity index (χ0v) is 32.4. The Balaban J connectivity index is 1.15. The summed E-state index contributed by atoms with van der Waals surface area (Å²) in [5, 5.41) is 43.8. The van der Waals surface area contributed by atoms with Crippen LogP contribution in [0.4, 0.5) is 23.4 Å². The summed E-state index contributed by atoms with van der Waals surface area (Å²) in [6, 6.07) is 0. The maximum absolute atomic E-state index is 12.7. The molecule has 11 unspecified atom stereocenters. The number of aromatic nitrogens is 6. The lowest BCUT2D eigenvalue weighted by atomic mass is 10.1. The summed E-state index contributed by atoms with van der Waals surface area (Å²) in [7, 11) is -14.4. The van der Waals surface area contributed by atoms with Gasteiger partial charge in [0, 0.05) is 6.20 Å². The molecule has 0 saturated carbocycles. The number of hydrogen-bond acceptors (Lipinski definition) is 21. The van der Waals surface area contributed by atoms with E-state index < -0.39 is 116 Å². The summed E-state index contributed by atoms with van der Waals surface area (Å²) in [4.78, 5) is 79.9. The minimum Gasteiger partial charge on any atom is -0.387 e. The molecule has 30 nitrogen and oxygen atoms in total. The number of aliphatic hydroxyl groups excluding tert-OH is 4. The summed E-state index contributed by atoms with van der Waals surface area (Å²) in [5.74, 6) is -0.698. The van der Waals surface area contributed by atoms with E-state index in [1.54, 1.807) is 0 Å². The first-order valence-corrected chi connectivity index (χ1v) is 21.0. The number of ether oxygens (including phenoxy) is 2. The van der Waals surface area contributed by atoms with Crippen molar-refractivity contribution in [2.24, 2.45) is 0 Å². The van der Waals surface area contributed by atoms with Crippen LogP contribution < -0.4 is 37.4 Å². The number of aliphatic hydroxyl groups is 4. The molecule has 2 fully saturated rings. The number of fused-ring (bicyclic) bond motifs is 1. The van der Waals surface area contributed by atoms with E-state index in [0.29, 0.717) is 0 Å². The average molecular weight is 895 g/mol. The zero-order chi connectivity index (χ0) is 42.9. The summed E-state index contributed by atoms with van der Waals surface area (Å²) >= 11 is 0. The van der Waals surface area contributed by atoms with Gasteiger partial charge in [-0.25, -0.2) is 18.3 Å². The number of nitrogens with zero attached hydrogens (tertiary/aromatic N) is 4. The van der Waals surface area contributed by atoms with Crippen LogP contribution in [0.25, 0.3) is 11.2 Å². The van der Waals surface area contributed by atoms with Crippen LogP contribution in [0.1, 0.15) is 6.23 Å². The van der Waals surface area contributed by atoms with Crippen LogP contribution in [-0.2, 0) is 45.8 Å². The van der Waals surface area contributed by atoms with E-state index in [4.69, 9.17) is 39.0 Å². The number of nitrogens with two attached hydrogens (primary N) is 3. The molecule has 3 aromatic rings. The molecule has 0 spiro atoms. The Morgan fingerprint density at radius 1 is 0.897 bits per heavy atom. The van der Waals surface area contributed by atoms with Crippen molar-refractivity contribution in [3.8, 4) is 0 Å². The molecule has 3 aromatic heterocycles. The molecule has 33 heteroatoms. The summed E-state index contributed by atoms with van der Waals surface area (Å²) in [5.41, 5.74) is 9.79. The molecule has 0 aromatic carbocycles. The molecule has 11 atom stereocenters. The quantitative estimate of drug-likeness (QED) is 0.0393. The number of hydrogen-bond donors (Lipinski definition) is 14. The Labute approximate surface area is 323 Å². The van der Waals surface area contributed by atoms with Gasteiger partial charge in [0.1, 0.15) is 42.7 Å². The second-order valence-electron chi connectivity index (χ2n) is 12.3. The highest BCUT2D eigenvalue weighted by Crippen LogP contribution is 2.48. The zero-order valence-electron chi connectivity index (χ0n) is 29.7. The fraction of sp³-hybridized carbons (Fsp3) is 0.560. The van der Waals surface area contributed by atoms with Gasteiger partial charge in [0.05, 0.1) is 33.5 Å². The van der Waals surface area contributed by atoms with Gasteiger partial charge in [-0.2, -0.15) is 4.98 Å². The van der Waals surface area contributed by atoms with Crippen molar-refractivity contribution < 1.29 is 95.7 Å². The van der Waals surface area contributed by atoms with Crippen LogP contribution in [0.5, 0.6) is 0 Å². The van der Waals surface area contributed by atoms with Crippen molar-refractivity contribution in [1.29, 1.82) is 0 Å². The van der Waals surface area contributed by atoms with Crippen LogP contribution in [0.15, 0.2) is 28.7 Å². The maximum atomic E-state index is 12.7. The SMILES string of the molecule is C=CN(c1nc(N)[nH]c(=O)c1[NH2+]C)C1OC(COP(=O)(O)OCC(COP(=O)(O)OCC2OC([n+]3c[nH]c4c(=O)[nH]c(N)nc43)C(O)C2O)OP(=O)(O)O)C(O)C1O. The third kappa shape index (κ3) is 10.6. The average Bonchev–Trinajstić information content (AvgIpc) is 3.77. The van der Waals surface area contributed by atoms with E-state index in [1.165, 1.54) is 18.7 Å². The predicted molar refractivity (Wildman–Crippen MR) is 188 cm³/mol. The fourth-order valence-corrected chi connectivity index (χ4v) is 7.74. The maximum Gasteiger partial charge on any atom is 0.472 e. The highest BCUT2D eigenvalue weighted by atomic mass is 31.2. The third-order valence-electron chi connectivity index (χ3n) is 8.35. The van der Waals surface area contributed by atoms with Gasteiger partial charge < -0.3 is 66.3 Å². The number of quaternary nitrogens is 1. The monoisotopic (exact) mass is 894 g/mol. The van der Waals surface area contributed by atoms with E-state index in [1.807, 2.05) is 0 Å². The Bertz CT molecular complexity index is 2220. The molecule has 58 heavy (non-hydrogen) atoms. The van der Waals surface area contributed by atoms with E-state index in [-0.39, 0.29) is 34.6 Å². The van der Waals surface area contributed by atoms with Crippen LogP contribution in [0.3, 0.4) is 0 Å². The fourth-order valence-electron chi connectivity index (χ4n) is 5.70. The number of aromatic amines is 3. The van der Waals surface area contributed by atoms with Crippen LogP contribution in [-0.4, -0.2) is 147 Å². The van der Waals surface area contributed by atoms with Crippen LogP contribution in [0, 0.1) is 0 Å². The van der Waals surface area contributed by atoms with Crippen LogP contribution in [0.2, 0.25) is 0 Å². The van der Waals surface area contributed by atoms with E-state index in [0.717, 1.165) is 15.7 Å². The molecule has 0 bridgehead atoms. The molecule has 0 radical (unpaired) electrons. The smallest absolute Gasteiger partial charge is 0.387 e. The molecule has 5 rings (SSSR count). The van der Waals surface area contributed by atoms with Gasteiger partial charge in [0.15, 0.2) is 12.6 Å². The topological polar surface area (TPSA) is 461 Å². The number of phosphoric ester groups is 3. The number of imidazole rings is 1. The third-order valence-corrected chi connectivity index (χ3v) is 10.8. The lowest BCUT2D eigenvalue weighted by Crippen LogP contribution is -2.75. The van der Waals surface area contributed by atoms with Crippen molar-refractivity contribution in [3.05, 3.63) is 39.8 Å². The van der Waals surface area contributed by atoms with Crippen molar-refractivity contribution >= 4 is 58.0 Å². The second-order valence-corrected chi connectivity index (χ2v) is 16.4. The largest absolute Gasteiger partial charge is 0.472 e. The number of nitrogens with one attached hydrogen (secondary N) is 3. The highest BCUT2D eigenvalue weighted by Gasteiger charge is 2.49. The first-order valence-electron chi connectivity index (χ1n) is 16.4. The number of H-pyrrole nitrogens is 3. The minimum atomic E-state index is -5.43. The molecule has 17 N–H and O–H groups in total. The van der Waals surface area contributed by atoms with Crippen molar-refractivity contribution in [1.82, 2.24) is 24.9 Å². The van der Waals surface area contributed by atoms with Crippen LogP contribution >= 0.6 is 23.5 Å².